The largest absolute Gasteiger partial charge is 0.391 e. The van der Waals surface area contributed by atoms with Crippen LogP contribution >= 0.6 is 0 Å². The molecule has 1 heterocycles. The molecule has 1 aliphatic rings. The van der Waals surface area contributed by atoms with E-state index in [0.717, 1.165) is 19.4 Å². The van der Waals surface area contributed by atoms with Gasteiger partial charge in [-0.1, -0.05) is 0 Å². The molecule has 2 unspecified atom stereocenters. The van der Waals surface area contributed by atoms with Crippen LogP contribution in [0.25, 0.3) is 0 Å². The lowest BCUT2D eigenvalue weighted by atomic mass is 10.0. The van der Waals surface area contributed by atoms with E-state index in [1.807, 2.05) is 6.92 Å². The lowest BCUT2D eigenvalue weighted by molar-refractivity contribution is 0.0324. The standard InChI is InChI=1S/C9H18N2O2/c1-7-8(12)5-4-6-11(7)9(13)10(2)3/h7-8,12H,4-6H2,1-3H3. The Morgan fingerprint density at radius 2 is 2.15 bits per heavy atom. The first-order chi connectivity index (χ1) is 6.04. The van der Waals surface area contributed by atoms with E-state index in [0.29, 0.717) is 0 Å². The number of hydrogen-bond acceptors (Lipinski definition) is 2. The summed E-state index contributed by atoms with van der Waals surface area (Å²) in [7, 11) is 3.46. The molecule has 0 radical (unpaired) electrons. The van der Waals surface area contributed by atoms with Crippen molar-refractivity contribution in [2.75, 3.05) is 20.6 Å². The fraction of sp³-hybridized carbons (Fsp3) is 0.889. The molecule has 4 nitrogen and oxygen atoms in total. The average Bonchev–Trinajstić information content (AvgIpc) is 2.08. The van der Waals surface area contributed by atoms with Crippen LogP contribution < -0.4 is 0 Å². The molecular weight excluding hydrogens is 168 g/mol. The Hall–Kier alpha value is -0.770. The number of aliphatic hydroxyl groups excluding tert-OH is 1. The van der Waals surface area contributed by atoms with E-state index in [9.17, 15) is 9.90 Å². The Morgan fingerprint density at radius 3 is 2.69 bits per heavy atom. The molecule has 1 rings (SSSR count). The van der Waals surface area contributed by atoms with Crippen LogP contribution in [0.3, 0.4) is 0 Å². The van der Waals surface area contributed by atoms with Gasteiger partial charge in [0.2, 0.25) is 0 Å². The van der Waals surface area contributed by atoms with E-state index >= 15 is 0 Å². The minimum absolute atomic E-state index is 0.00810. The van der Waals surface area contributed by atoms with Gasteiger partial charge in [0.25, 0.3) is 0 Å². The molecule has 0 aromatic heterocycles. The van der Waals surface area contributed by atoms with Crippen LogP contribution in [0, 0.1) is 0 Å². The molecule has 76 valence electrons. The number of nitrogens with zero attached hydrogens (tertiary/aromatic N) is 2. The summed E-state index contributed by atoms with van der Waals surface area (Å²) in [6.07, 6.45) is 1.33. The van der Waals surface area contributed by atoms with Crippen molar-refractivity contribution in [1.29, 1.82) is 0 Å². The number of likely N-dealkylation sites (tertiary alicyclic amines) is 1. The molecular formula is C9H18N2O2. The predicted molar refractivity (Wildman–Crippen MR) is 50.5 cm³/mol. The van der Waals surface area contributed by atoms with Crippen molar-refractivity contribution in [2.24, 2.45) is 0 Å². The Kier molecular flexibility index (Phi) is 3.14. The molecule has 2 atom stereocenters. The van der Waals surface area contributed by atoms with Gasteiger partial charge in [0.15, 0.2) is 0 Å². The third-order valence-corrected chi connectivity index (χ3v) is 2.58. The first-order valence-corrected chi connectivity index (χ1v) is 4.70. The van der Waals surface area contributed by atoms with Crippen LogP contribution in [0.15, 0.2) is 0 Å². The second-order valence-corrected chi connectivity index (χ2v) is 3.82. The van der Waals surface area contributed by atoms with Crippen LogP contribution in [0.5, 0.6) is 0 Å². The van der Waals surface area contributed by atoms with Crippen molar-refractivity contribution < 1.29 is 9.90 Å². The summed E-state index contributed by atoms with van der Waals surface area (Å²) in [6, 6.07) is -0.0603. The van der Waals surface area contributed by atoms with Gasteiger partial charge in [-0.2, -0.15) is 0 Å². The monoisotopic (exact) mass is 186 g/mol. The first kappa shape index (κ1) is 10.3. The summed E-state index contributed by atoms with van der Waals surface area (Å²) in [5.41, 5.74) is 0. The summed E-state index contributed by atoms with van der Waals surface area (Å²) in [5.74, 6) is 0. The summed E-state index contributed by atoms with van der Waals surface area (Å²) in [4.78, 5) is 14.9. The zero-order chi connectivity index (χ0) is 10.0. The zero-order valence-electron chi connectivity index (χ0n) is 8.53. The van der Waals surface area contributed by atoms with Crippen molar-refractivity contribution in [1.82, 2.24) is 9.80 Å². The molecule has 1 N–H and O–H groups in total. The molecule has 0 aromatic rings. The number of piperidine rings is 1. The summed E-state index contributed by atoms with van der Waals surface area (Å²) in [5, 5.41) is 9.57. The maximum absolute atomic E-state index is 11.6. The second kappa shape index (κ2) is 3.96. The lowest BCUT2D eigenvalue weighted by Crippen LogP contribution is -2.52. The third kappa shape index (κ3) is 2.12. The van der Waals surface area contributed by atoms with Gasteiger partial charge in [-0.15, -0.1) is 0 Å². The molecule has 1 saturated heterocycles. The minimum Gasteiger partial charge on any atom is -0.391 e. The molecule has 1 fully saturated rings. The van der Waals surface area contributed by atoms with Gasteiger partial charge in [0, 0.05) is 20.6 Å². The van der Waals surface area contributed by atoms with Crippen LogP contribution in [0.4, 0.5) is 4.79 Å². The summed E-state index contributed by atoms with van der Waals surface area (Å²) < 4.78 is 0. The molecule has 0 saturated carbocycles. The van der Waals surface area contributed by atoms with Gasteiger partial charge in [0.05, 0.1) is 12.1 Å². The highest BCUT2D eigenvalue weighted by Gasteiger charge is 2.30. The van der Waals surface area contributed by atoms with Crippen LogP contribution in [0.1, 0.15) is 19.8 Å². The van der Waals surface area contributed by atoms with E-state index in [4.69, 9.17) is 0 Å². The Morgan fingerprint density at radius 1 is 1.54 bits per heavy atom. The molecule has 0 bridgehead atoms. The molecule has 1 aliphatic heterocycles. The molecule has 4 heteroatoms. The van der Waals surface area contributed by atoms with Crippen molar-refractivity contribution in [2.45, 2.75) is 31.9 Å². The lowest BCUT2D eigenvalue weighted by Gasteiger charge is -2.38. The predicted octanol–water partition coefficient (Wildman–Crippen LogP) is 0.513. The van der Waals surface area contributed by atoms with Gasteiger partial charge in [-0.25, -0.2) is 4.79 Å². The number of carbonyl (C=O) groups is 1. The van der Waals surface area contributed by atoms with Gasteiger partial charge >= 0.3 is 6.03 Å². The van der Waals surface area contributed by atoms with Gasteiger partial charge in [0.1, 0.15) is 0 Å². The average molecular weight is 186 g/mol. The molecule has 0 aromatic carbocycles. The highest BCUT2D eigenvalue weighted by atomic mass is 16.3. The zero-order valence-corrected chi connectivity index (χ0v) is 8.53. The molecule has 2 amide bonds. The minimum atomic E-state index is -0.363. The quantitative estimate of drug-likeness (QED) is 0.599. The Balaban J connectivity index is 2.62. The Bertz CT molecular complexity index is 194. The number of amides is 2. The van der Waals surface area contributed by atoms with Gasteiger partial charge in [-0.05, 0) is 19.8 Å². The summed E-state index contributed by atoms with van der Waals surface area (Å²) >= 11 is 0. The first-order valence-electron chi connectivity index (χ1n) is 4.70. The number of urea groups is 1. The second-order valence-electron chi connectivity index (χ2n) is 3.82. The number of hydrogen-bond donors (Lipinski definition) is 1. The van der Waals surface area contributed by atoms with Crippen LogP contribution in [-0.4, -0.2) is 53.7 Å². The SMILES string of the molecule is CC1C(O)CCCN1C(=O)N(C)C. The van der Waals surface area contributed by atoms with Gasteiger partial charge < -0.3 is 14.9 Å². The number of rotatable bonds is 0. The third-order valence-electron chi connectivity index (χ3n) is 2.58. The maximum Gasteiger partial charge on any atom is 0.319 e. The van der Waals surface area contributed by atoms with E-state index in [2.05, 4.69) is 0 Å². The molecule has 0 spiro atoms. The normalized spacial score (nSPS) is 28.8. The van der Waals surface area contributed by atoms with E-state index in [1.165, 1.54) is 0 Å². The fourth-order valence-corrected chi connectivity index (χ4v) is 1.65. The topological polar surface area (TPSA) is 43.8 Å². The fourth-order valence-electron chi connectivity index (χ4n) is 1.65. The van der Waals surface area contributed by atoms with Crippen molar-refractivity contribution in [3.05, 3.63) is 0 Å². The Labute approximate surface area is 79.1 Å². The van der Waals surface area contributed by atoms with E-state index in [1.54, 1.807) is 23.9 Å². The van der Waals surface area contributed by atoms with Crippen molar-refractivity contribution in [3.63, 3.8) is 0 Å². The van der Waals surface area contributed by atoms with Crippen LogP contribution in [0.2, 0.25) is 0 Å². The number of aliphatic hydroxyl groups is 1. The van der Waals surface area contributed by atoms with Crippen molar-refractivity contribution in [3.8, 4) is 0 Å². The number of carbonyl (C=O) groups excluding carboxylic acids is 1. The molecule has 0 aliphatic carbocycles. The van der Waals surface area contributed by atoms with E-state index in [-0.39, 0.29) is 18.2 Å². The molecule has 13 heavy (non-hydrogen) atoms. The highest BCUT2D eigenvalue weighted by Crippen LogP contribution is 2.17. The maximum atomic E-state index is 11.6. The van der Waals surface area contributed by atoms with Gasteiger partial charge in [-0.3, -0.25) is 0 Å². The smallest absolute Gasteiger partial charge is 0.319 e. The van der Waals surface area contributed by atoms with Crippen LogP contribution in [-0.2, 0) is 0 Å². The highest BCUT2D eigenvalue weighted by molar-refractivity contribution is 5.74. The van der Waals surface area contributed by atoms with E-state index < -0.39 is 0 Å². The van der Waals surface area contributed by atoms with Crippen molar-refractivity contribution >= 4 is 6.03 Å². The summed E-state index contributed by atoms with van der Waals surface area (Å²) in [6.45, 7) is 2.65.